The highest BCUT2D eigenvalue weighted by Crippen LogP contribution is 2.32. The number of hydrogen-bond acceptors (Lipinski definition) is 6. The van der Waals surface area contributed by atoms with E-state index >= 15 is 0 Å². The molecule has 0 bridgehead atoms. The number of rotatable bonds is 3. The summed E-state index contributed by atoms with van der Waals surface area (Å²) in [7, 11) is 3.31. The smallest absolute Gasteiger partial charge is 0.270 e. The number of piperidine rings is 1. The summed E-state index contributed by atoms with van der Waals surface area (Å²) in [5.41, 5.74) is 1.57. The van der Waals surface area contributed by atoms with Crippen LogP contribution in [0.2, 0.25) is 0 Å². The van der Waals surface area contributed by atoms with Crippen LogP contribution in [0.1, 0.15) is 35.0 Å². The van der Waals surface area contributed by atoms with Gasteiger partial charge in [-0.1, -0.05) is 6.92 Å². The molecule has 0 spiro atoms. The van der Waals surface area contributed by atoms with Crippen LogP contribution in [0.3, 0.4) is 0 Å². The first-order valence-corrected chi connectivity index (χ1v) is 10.9. The van der Waals surface area contributed by atoms with Crippen LogP contribution in [0.15, 0.2) is 41.2 Å². The maximum Gasteiger partial charge on any atom is 0.270 e. The van der Waals surface area contributed by atoms with Gasteiger partial charge in [0.25, 0.3) is 11.5 Å². The predicted molar refractivity (Wildman–Crippen MR) is 125 cm³/mol. The molecule has 0 saturated carbocycles. The number of aryl methyl sites for hydroxylation is 1. The highest BCUT2D eigenvalue weighted by Gasteiger charge is 2.34. The Hall–Kier alpha value is -4.24. The van der Waals surface area contributed by atoms with Crippen LogP contribution < -0.4 is 10.5 Å². The molecule has 3 aromatic rings. The van der Waals surface area contributed by atoms with Crippen molar-refractivity contribution in [1.29, 1.82) is 10.5 Å². The lowest BCUT2D eigenvalue weighted by molar-refractivity contribution is 0.0656. The summed E-state index contributed by atoms with van der Waals surface area (Å²) >= 11 is 0. The molecule has 8 nitrogen and oxygen atoms in total. The second-order valence-corrected chi connectivity index (χ2v) is 8.58. The predicted octanol–water partition coefficient (Wildman–Crippen LogP) is 2.80. The lowest BCUT2D eigenvalue weighted by Crippen LogP contribution is -2.51. The Morgan fingerprint density at radius 2 is 1.88 bits per heavy atom. The average Bonchev–Trinajstić information content (AvgIpc) is 2.85. The number of fused-ring (bicyclic) bond motifs is 1. The van der Waals surface area contributed by atoms with Gasteiger partial charge in [-0.25, -0.2) is 9.37 Å². The highest BCUT2D eigenvalue weighted by atomic mass is 19.1. The molecule has 2 aromatic heterocycles. The molecule has 1 fully saturated rings. The van der Waals surface area contributed by atoms with Crippen LogP contribution in [-0.4, -0.2) is 46.5 Å². The monoisotopic (exact) mass is 458 g/mol. The molecule has 1 aliphatic heterocycles. The number of carbonyl (C=O) groups is 1. The zero-order chi connectivity index (χ0) is 24.6. The topological polar surface area (TPSA) is 106 Å². The number of nitriles is 2. The Morgan fingerprint density at radius 1 is 1.18 bits per heavy atom. The van der Waals surface area contributed by atoms with E-state index in [1.165, 1.54) is 28.8 Å². The van der Waals surface area contributed by atoms with Gasteiger partial charge in [0, 0.05) is 38.8 Å². The van der Waals surface area contributed by atoms with Crippen LogP contribution in [0.5, 0.6) is 0 Å². The van der Waals surface area contributed by atoms with Gasteiger partial charge in [0.05, 0.1) is 11.2 Å². The second-order valence-electron chi connectivity index (χ2n) is 8.58. The molecule has 0 aliphatic carbocycles. The second kappa shape index (κ2) is 8.95. The molecular formula is C25H23FN6O2. The molecule has 1 aromatic carbocycles. The molecule has 2 unspecified atom stereocenters. The Labute approximate surface area is 196 Å². The zero-order valence-corrected chi connectivity index (χ0v) is 19.1. The van der Waals surface area contributed by atoms with E-state index in [2.05, 4.69) is 4.98 Å². The molecule has 1 amide bonds. The molecule has 0 radical (unpaired) electrons. The minimum absolute atomic E-state index is 0.00736. The number of carbonyl (C=O) groups excluding carboxylic acids is 1. The minimum atomic E-state index is -0.421. The summed E-state index contributed by atoms with van der Waals surface area (Å²) in [6.07, 6.45) is 0.601. The molecule has 4 rings (SSSR count). The maximum absolute atomic E-state index is 13.2. The number of halogens is 1. The molecule has 9 heteroatoms. The van der Waals surface area contributed by atoms with Crippen molar-refractivity contribution >= 4 is 22.6 Å². The zero-order valence-electron chi connectivity index (χ0n) is 19.1. The largest absolute Gasteiger partial charge is 0.368 e. The Morgan fingerprint density at radius 3 is 2.50 bits per heavy atom. The summed E-state index contributed by atoms with van der Waals surface area (Å²) < 4.78 is 14.6. The van der Waals surface area contributed by atoms with Crippen molar-refractivity contribution in [2.24, 2.45) is 13.0 Å². The normalized spacial score (nSPS) is 17.8. The van der Waals surface area contributed by atoms with E-state index in [1.54, 1.807) is 31.1 Å². The van der Waals surface area contributed by atoms with Crippen LogP contribution in [0.4, 0.5) is 10.1 Å². The van der Waals surface area contributed by atoms with Crippen LogP contribution in [-0.2, 0) is 7.05 Å². The molecule has 1 aliphatic rings. The van der Waals surface area contributed by atoms with Crippen molar-refractivity contribution < 1.29 is 9.18 Å². The lowest BCUT2D eigenvalue weighted by Gasteiger charge is -2.42. The number of benzene rings is 1. The van der Waals surface area contributed by atoms with Crippen LogP contribution in [0, 0.1) is 34.4 Å². The van der Waals surface area contributed by atoms with E-state index in [0.29, 0.717) is 41.8 Å². The van der Waals surface area contributed by atoms with Gasteiger partial charge >= 0.3 is 0 Å². The molecule has 0 N–H and O–H groups in total. The Kier molecular flexibility index (Phi) is 6.04. The number of aromatic nitrogens is 2. The van der Waals surface area contributed by atoms with E-state index in [-0.39, 0.29) is 29.1 Å². The third kappa shape index (κ3) is 3.86. The minimum Gasteiger partial charge on any atom is -0.368 e. The van der Waals surface area contributed by atoms with Crippen molar-refractivity contribution in [3.05, 3.63) is 69.4 Å². The summed E-state index contributed by atoms with van der Waals surface area (Å²) in [5.74, 6) is -0.584. The molecule has 2 atom stereocenters. The number of amides is 1. The Balaban J connectivity index is 1.68. The fourth-order valence-corrected chi connectivity index (χ4v) is 4.72. The van der Waals surface area contributed by atoms with Gasteiger partial charge in [-0.3, -0.25) is 9.59 Å². The molecule has 1 saturated heterocycles. The third-order valence-electron chi connectivity index (χ3n) is 6.53. The summed E-state index contributed by atoms with van der Waals surface area (Å²) in [6.45, 7) is 2.99. The summed E-state index contributed by atoms with van der Waals surface area (Å²) in [5, 5.41) is 19.1. The molecule has 172 valence electrons. The van der Waals surface area contributed by atoms with E-state index < -0.39 is 11.4 Å². The van der Waals surface area contributed by atoms with Gasteiger partial charge in [0.2, 0.25) is 0 Å². The van der Waals surface area contributed by atoms with Crippen molar-refractivity contribution in [1.82, 2.24) is 14.5 Å². The highest BCUT2D eigenvalue weighted by molar-refractivity contribution is 5.94. The fraction of sp³-hybridized carbons (Fsp3) is 0.320. The van der Waals surface area contributed by atoms with Gasteiger partial charge in [0.1, 0.15) is 34.7 Å². The molecule has 34 heavy (non-hydrogen) atoms. The van der Waals surface area contributed by atoms with Crippen LogP contribution >= 0.6 is 0 Å². The molecule has 3 heterocycles. The quantitative estimate of drug-likeness (QED) is 0.598. The summed E-state index contributed by atoms with van der Waals surface area (Å²) in [4.78, 5) is 33.9. The lowest BCUT2D eigenvalue weighted by atomic mass is 9.91. The maximum atomic E-state index is 13.2. The van der Waals surface area contributed by atoms with Gasteiger partial charge in [0.15, 0.2) is 0 Å². The Bertz CT molecular complexity index is 1420. The van der Waals surface area contributed by atoms with Gasteiger partial charge in [-0.05, 0) is 48.7 Å². The van der Waals surface area contributed by atoms with E-state index in [9.17, 15) is 24.5 Å². The SMILES string of the molecule is CC1CN(c2c(C#N)c(=O)n(C)c3ccc(C#N)nc23)CCC1N(C)C(=O)c1ccc(F)cc1. The number of pyridine rings is 2. The van der Waals surface area contributed by atoms with Crippen molar-refractivity contribution in [2.45, 2.75) is 19.4 Å². The van der Waals surface area contributed by atoms with Crippen molar-refractivity contribution in [2.75, 3.05) is 25.0 Å². The number of anilines is 1. The number of hydrogen-bond donors (Lipinski definition) is 0. The van der Waals surface area contributed by atoms with Gasteiger partial charge < -0.3 is 14.4 Å². The standard InChI is InChI=1S/C25H23FN6O2/c1-15-14-32(11-10-20(15)30(2)24(33)16-4-6-17(26)7-5-16)23-19(13-28)25(34)31(3)21-9-8-18(12-27)29-22(21)23/h4-9,15,20H,10-11,14H2,1-3H3. The van der Waals surface area contributed by atoms with Gasteiger partial charge in [-0.2, -0.15) is 10.5 Å². The third-order valence-corrected chi connectivity index (χ3v) is 6.53. The van der Waals surface area contributed by atoms with E-state index in [0.717, 1.165) is 0 Å². The first-order valence-electron chi connectivity index (χ1n) is 10.9. The van der Waals surface area contributed by atoms with Crippen molar-refractivity contribution in [3.63, 3.8) is 0 Å². The number of nitrogens with zero attached hydrogens (tertiary/aromatic N) is 6. The summed E-state index contributed by atoms with van der Waals surface area (Å²) in [6, 6.07) is 12.6. The van der Waals surface area contributed by atoms with Gasteiger partial charge in [-0.15, -0.1) is 0 Å². The van der Waals surface area contributed by atoms with Crippen molar-refractivity contribution in [3.8, 4) is 12.1 Å². The van der Waals surface area contributed by atoms with Crippen LogP contribution in [0.25, 0.3) is 11.0 Å². The first kappa shape index (κ1) is 22.9. The first-order chi connectivity index (χ1) is 16.3. The average molecular weight is 458 g/mol. The van der Waals surface area contributed by atoms with E-state index in [4.69, 9.17) is 0 Å². The fourth-order valence-electron chi connectivity index (χ4n) is 4.72. The molecular weight excluding hydrogens is 435 g/mol. The van der Waals surface area contributed by atoms with E-state index in [1.807, 2.05) is 24.0 Å².